The molecular formula is C17H16Cl2N2O3. The summed E-state index contributed by atoms with van der Waals surface area (Å²) in [6.07, 6.45) is 0.193. The van der Waals surface area contributed by atoms with Crippen LogP contribution in [0.4, 0.5) is 11.4 Å². The molecule has 126 valence electrons. The number of carbonyl (C=O) groups excluding carboxylic acids is 2. The van der Waals surface area contributed by atoms with E-state index in [0.717, 1.165) is 0 Å². The van der Waals surface area contributed by atoms with Crippen molar-refractivity contribution in [2.75, 3.05) is 24.3 Å². The van der Waals surface area contributed by atoms with Gasteiger partial charge in [0.2, 0.25) is 5.91 Å². The maximum absolute atomic E-state index is 12.1. The van der Waals surface area contributed by atoms with Crippen molar-refractivity contribution in [3.05, 3.63) is 58.1 Å². The van der Waals surface area contributed by atoms with Crippen LogP contribution in [0, 0.1) is 0 Å². The summed E-state index contributed by atoms with van der Waals surface area (Å²) < 4.78 is 4.69. The third-order valence-corrected chi connectivity index (χ3v) is 3.77. The fraction of sp³-hybridized carbons (Fsp3) is 0.176. The fourth-order valence-corrected chi connectivity index (χ4v) is 2.39. The van der Waals surface area contributed by atoms with E-state index in [4.69, 9.17) is 27.9 Å². The van der Waals surface area contributed by atoms with E-state index in [1.165, 1.54) is 7.11 Å². The molecule has 0 bridgehead atoms. The summed E-state index contributed by atoms with van der Waals surface area (Å²) in [7, 11) is 1.29. The second-order valence-corrected chi connectivity index (χ2v) is 5.73. The van der Waals surface area contributed by atoms with Gasteiger partial charge in [0.05, 0.1) is 29.1 Å². The zero-order chi connectivity index (χ0) is 17.5. The quantitative estimate of drug-likeness (QED) is 0.751. The standard InChI is InChI=1S/C17H16Cl2N2O3/c1-24-17(23)12-4-2-3-5-14(12)21-16(22)8-9-20-15-10-11(18)6-7-13(15)19/h2-7,10,20H,8-9H2,1H3,(H,21,22). The zero-order valence-corrected chi connectivity index (χ0v) is 14.4. The second kappa shape index (κ2) is 8.57. The van der Waals surface area contributed by atoms with Gasteiger partial charge in [-0.1, -0.05) is 35.3 Å². The highest BCUT2D eigenvalue weighted by Gasteiger charge is 2.13. The van der Waals surface area contributed by atoms with Crippen molar-refractivity contribution >= 4 is 46.5 Å². The number of hydrogen-bond donors (Lipinski definition) is 2. The number of carbonyl (C=O) groups is 2. The van der Waals surface area contributed by atoms with E-state index < -0.39 is 5.97 Å². The predicted octanol–water partition coefficient (Wildman–Crippen LogP) is 4.22. The molecular weight excluding hydrogens is 351 g/mol. The predicted molar refractivity (Wildman–Crippen MR) is 96.0 cm³/mol. The van der Waals surface area contributed by atoms with Gasteiger partial charge in [-0.2, -0.15) is 0 Å². The smallest absolute Gasteiger partial charge is 0.339 e. The summed E-state index contributed by atoms with van der Waals surface area (Å²) in [5.41, 5.74) is 1.38. The molecule has 0 radical (unpaired) electrons. The lowest BCUT2D eigenvalue weighted by Gasteiger charge is -2.11. The minimum absolute atomic E-state index is 0.193. The lowest BCUT2D eigenvalue weighted by molar-refractivity contribution is -0.115. The van der Waals surface area contributed by atoms with E-state index in [9.17, 15) is 9.59 Å². The van der Waals surface area contributed by atoms with Gasteiger partial charge in [0.25, 0.3) is 0 Å². The van der Waals surface area contributed by atoms with Gasteiger partial charge in [0.15, 0.2) is 0 Å². The summed E-state index contributed by atoms with van der Waals surface area (Å²) in [6, 6.07) is 11.7. The third kappa shape index (κ3) is 4.88. The number of hydrogen-bond acceptors (Lipinski definition) is 4. The number of methoxy groups -OCH3 is 1. The van der Waals surface area contributed by atoms with Crippen LogP contribution in [0.3, 0.4) is 0 Å². The number of benzene rings is 2. The largest absolute Gasteiger partial charge is 0.465 e. The molecule has 1 amide bonds. The van der Waals surface area contributed by atoms with Crippen molar-refractivity contribution in [3.63, 3.8) is 0 Å². The van der Waals surface area contributed by atoms with Crippen molar-refractivity contribution < 1.29 is 14.3 Å². The van der Waals surface area contributed by atoms with Gasteiger partial charge in [-0.3, -0.25) is 4.79 Å². The Labute approximate surface area is 149 Å². The molecule has 0 saturated carbocycles. The van der Waals surface area contributed by atoms with E-state index in [2.05, 4.69) is 10.6 Å². The average Bonchev–Trinajstić information content (AvgIpc) is 2.57. The molecule has 0 heterocycles. The summed E-state index contributed by atoms with van der Waals surface area (Å²) in [4.78, 5) is 23.7. The third-order valence-electron chi connectivity index (χ3n) is 3.20. The summed E-state index contributed by atoms with van der Waals surface area (Å²) >= 11 is 11.9. The van der Waals surface area contributed by atoms with Crippen LogP contribution in [0.5, 0.6) is 0 Å². The molecule has 5 nitrogen and oxygen atoms in total. The van der Waals surface area contributed by atoms with Crippen LogP contribution >= 0.6 is 23.2 Å². The minimum atomic E-state index is -0.505. The van der Waals surface area contributed by atoms with Gasteiger partial charge >= 0.3 is 5.97 Å². The first-order chi connectivity index (χ1) is 11.5. The van der Waals surface area contributed by atoms with Crippen LogP contribution in [-0.4, -0.2) is 25.5 Å². The van der Waals surface area contributed by atoms with E-state index in [1.54, 1.807) is 42.5 Å². The number of nitrogens with one attached hydrogen (secondary N) is 2. The highest BCUT2D eigenvalue weighted by Crippen LogP contribution is 2.25. The normalized spacial score (nSPS) is 10.1. The van der Waals surface area contributed by atoms with E-state index in [0.29, 0.717) is 33.5 Å². The van der Waals surface area contributed by atoms with Gasteiger partial charge in [-0.25, -0.2) is 4.79 Å². The maximum Gasteiger partial charge on any atom is 0.339 e. The van der Waals surface area contributed by atoms with Gasteiger partial charge in [-0.05, 0) is 30.3 Å². The van der Waals surface area contributed by atoms with E-state index in [-0.39, 0.29) is 12.3 Å². The Bertz CT molecular complexity index is 750. The SMILES string of the molecule is COC(=O)c1ccccc1NC(=O)CCNc1cc(Cl)ccc1Cl. The highest BCUT2D eigenvalue weighted by molar-refractivity contribution is 6.35. The maximum atomic E-state index is 12.1. The van der Waals surface area contributed by atoms with Gasteiger partial charge < -0.3 is 15.4 Å². The average molecular weight is 367 g/mol. The number of amides is 1. The number of halogens is 2. The van der Waals surface area contributed by atoms with Crippen LogP contribution in [0.2, 0.25) is 10.0 Å². The Hall–Kier alpha value is -2.24. The van der Waals surface area contributed by atoms with Crippen molar-refractivity contribution in [1.82, 2.24) is 0 Å². The van der Waals surface area contributed by atoms with Crippen molar-refractivity contribution in [3.8, 4) is 0 Å². The molecule has 0 saturated heterocycles. The number of para-hydroxylation sites is 1. The minimum Gasteiger partial charge on any atom is -0.465 e. The molecule has 2 aromatic rings. The Morgan fingerprint density at radius 3 is 2.58 bits per heavy atom. The number of esters is 1. The van der Waals surface area contributed by atoms with Gasteiger partial charge in [-0.15, -0.1) is 0 Å². The Morgan fingerprint density at radius 2 is 1.83 bits per heavy atom. The molecule has 0 aliphatic carbocycles. The topological polar surface area (TPSA) is 67.4 Å². The molecule has 0 unspecified atom stereocenters. The summed E-state index contributed by atoms with van der Waals surface area (Å²) in [6.45, 7) is 0.367. The van der Waals surface area contributed by atoms with Crippen molar-refractivity contribution in [2.24, 2.45) is 0 Å². The molecule has 0 aromatic heterocycles. The van der Waals surface area contributed by atoms with Crippen LogP contribution in [0.15, 0.2) is 42.5 Å². The monoisotopic (exact) mass is 366 g/mol. The molecule has 7 heteroatoms. The second-order valence-electron chi connectivity index (χ2n) is 4.89. The Balaban J connectivity index is 1.92. The number of rotatable bonds is 6. The first-order valence-corrected chi connectivity index (χ1v) is 7.93. The molecule has 2 rings (SSSR count). The molecule has 0 atom stereocenters. The van der Waals surface area contributed by atoms with Crippen molar-refractivity contribution in [1.29, 1.82) is 0 Å². The Morgan fingerprint density at radius 1 is 1.08 bits per heavy atom. The number of ether oxygens (including phenoxy) is 1. The fourth-order valence-electron chi connectivity index (χ4n) is 2.04. The highest BCUT2D eigenvalue weighted by atomic mass is 35.5. The molecule has 2 N–H and O–H groups in total. The lowest BCUT2D eigenvalue weighted by Crippen LogP contribution is -2.18. The molecule has 24 heavy (non-hydrogen) atoms. The molecule has 0 aliphatic heterocycles. The summed E-state index contributed by atoms with van der Waals surface area (Å²) in [5.74, 6) is -0.744. The van der Waals surface area contributed by atoms with Crippen LogP contribution < -0.4 is 10.6 Å². The van der Waals surface area contributed by atoms with E-state index in [1.807, 2.05) is 0 Å². The zero-order valence-electron chi connectivity index (χ0n) is 12.9. The molecule has 2 aromatic carbocycles. The van der Waals surface area contributed by atoms with Crippen LogP contribution in [0.1, 0.15) is 16.8 Å². The van der Waals surface area contributed by atoms with Crippen LogP contribution in [0.25, 0.3) is 0 Å². The lowest BCUT2D eigenvalue weighted by atomic mass is 10.1. The Kier molecular flexibility index (Phi) is 6.46. The molecule has 0 aliphatic rings. The first kappa shape index (κ1) is 18.1. The van der Waals surface area contributed by atoms with Crippen LogP contribution in [-0.2, 0) is 9.53 Å². The van der Waals surface area contributed by atoms with E-state index >= 15 is 0 Å². The summed E-state index contributed by atoms with van der Waals surface area (Å²) in [5, 5.41) is 6.83. The van der Waals surface area contributed by atoms with Gasteiger partial charge in [0, 0.05) is 18.0 Å². The molecule has 0 spiro atoms. The van der Waals surface area contributed by atoms with Crippen molar-refractivity contribution in [2.45, 2.75) is 6.42 Å². The van der Waals surface area contributed by atoms with Gasteiger partial charge in [0.1, 0.15) is 0 Å². The first-order valence-electron chi connectivity index (χ1n) is 7.17. The number of anilines is 2. The molecule has 0 fully saturated rings.